The molecule has 2 nitrogen and oxygen atoms in total. The van der Waals surface area contributed by atoms with Crippen LogP contribution in [0.4, 0.5) is 10.1 Å². The van der Waals surface area contributed by atoms with Gasteiger partial charge in [0.1, 0.15) is 11.6 Å². The predicted octanol–water partition coefficient (Wildman–Crippen LogP) is 5.31. The fraction of sp³-hybridized carbons (Fsp3) is 0.316. The molecule has 0 aliphatic heterocycles. The Kier molecular flexibility index (Phi) is 5.70. The first-order chi connectivity index (χ1) is 10.5. The lowest BCUT2D eigenvalue weighted by Crippen LogP contribution is -2.01. The fourth-order valence-corrected chi connectivity index (χ4v) is 1.87. The van der Waals surface area contributed by atoms with E-state index in [2.05, 4.69) is 18.8 Å². The zero-order chi connectivity index (χ0) is 15.9. The molecule has 116 valence electrons. The van der Waals surface area contributed by atoms with Crippen LogP contribution in [0.1, 0.15) is 31.4 Å². The number of aliphatic imine (C=N–C) groups is 1. The van der Waals surface area contributed by atoms with Gasteiger partial charge in [-0.3, -0.25) is 4.99 Å². The minimum Gasteiger partial charge on any atom is -0.494 e. The Bertz CT molecular complexity index is 632. The molecule has 2 aromatic rings. The van der Waals surface area contributed by atoms with Crippen LogP contribution in [0.15, 0.2) is 47.5 Å². The molecule has 0 saturated carbocycles. The van der Waals surface area contributed by atoms with Crippen molar-refractivity contribution >= 4 is 11.9 Å². The van der Waals surface area contributed by atoms with Crippen molar-refractivity contribution in [3.05, 3.63) is 59.4 Å². The molecule has 3 heteroatoms. The van der Waals surface area contributed by atoms with E-state index in [9.17, 15) is 4.39 Å². The molecule has 2 aromatic carbocycles. The first kappa shape index (κ1) is 16.2. The maximum absolute atomic E-state index is 13.4. The first-order valence-corrected chi connectivity index (χ1v) is 7.57. The second-order valence-electron chi connectivity index (χ2n) is 5.79. The highest BCUT2D eigenvalue weighted by molar-refractivity contribution is 5.82. The number of aryl methyl sites for hydroxylation is 1. The molecule has 0 aliphatic carbocycles. The summed E-state index contributed by atoms with van der Waals surface area (Å²) in [5, 5.41) is 0. The molecule has 0 amide bonds. The largest absolute Gasteiger partial charge is 0.494 e. The van der Waals surface area contributed by atoms with Crippen molar-refractivity contribution < 1.29 is 9.13 Å². The summed E-state index contributed by atoms with van der Waals surface area (Å²) < 4.78 is 19.1. The van der Waals surface area contributed by atoms with Crippen molar-refractivity contribution in [2.24, 2.45) is 10.9 Å². The summed E-state index contributed by atoms with van der Waals surface area (Å²) in [6, 6.07) is 12.7. The number of hydrogen-bond donors (Lipinski definition) is 0. The van der Waals surface area contributed by atoms with E-state index >= 15 is 0 Å². The number of nitrogens with zero attached hydrogens (tertiary/aromatic N) is 1. The molecule has 0 unspecified atom stereocenters. The first-order valence-electron chi connectivity index (χ1n) is 7.57. The molecule has 0 spiro atoms. The quantitative estimate of drug-likeness (QED) is 0.662. The maximum Gasteiger partial charge on any atom is 0.128 e. The van der Waals surface area contributed by atoms with E-state index in [4.69, 9.17) is 4.74 Å². The summed E-state index contributed by atoms with van der Waals surface area (Å²) in [5.41, 5.74) is 2.19. The molecule has 0 bridgehead atoms. The molecule has 0 N–H and O–H groups in total. The maximum atomic E-state index is 13.4. The van der Waals surface area contributed by atoms with Gasteiger partial charge in [0.15, 0.2) is 0 Å². The Hall–Kier alpha value is -2.16. The Balaban J connectivity index is 1.95. The number of benzene rings is 2. The third-order valence-corrected chi connectivity index (χ3v) is 3.36. The van der Waals surface area contributed by atoms with Gasteiger partial charge in [-0.15, -0.1) is 0 Å². The number of hydrogen-bond acceptors (Lipinski definition) is 2. The van der Waals surface area contributed by atoms with Crippen LogP contribution in [0.5, 0.6) is 5.75 Å². The van der Waals surface area contributed by atoms with Crippen molar-refractivity contribution in [1.29, 1.82) is 0 Å². The van der Waals surface area contributed by atoms with Crippen LogP contribution in [0.2, 0.25) is 0 Å². The lowest BCUT2D eigenvalue weighted by Gasteiger charge is -2.07. The molecular weight excluding hydrogens is 277 g/mol. The molecule has 0 atom stereocenters. The van der Waals surface area contributed by atoms with Crippen LogP contribution in [0.3, 0.4) is 0 Å². The zero-order valence-corrected chi connectivity index (χ0v) is 13.3. The molecule has 2 rings (SSSR count). The molecule has 0 saturated heterocycles. The Morgan fingerprint density at radius 1 is 1.14 bits per heavy atom. The normalized spacial score (nSPS) is 11.3. The van der Waals surface area contributed by atoms with Gasteiger partial charge in [0, 0.05) is 6.21 Å². The van der Waals surface area contributed by atoms with Gasteiger partial charge in [0.2, 0.25) is 0 Å². The van der Waals surface area contributed by atoms with Crippen molar-refractivity contribution in [2.45, 2.75) is 27.2 Å². The molecule has 0 radical (unpaired) electrons. The van der Waals surface area contributed by atoms with Crippen LogP contribution >= 0.6 is 0 Å². The standard InChI is InChI=1S/C19H22FNO/c1-14(2)10-11-22-18-8-5-16(6-9-18)13-21-17-7-4-15(3)19(20)12-17/h4-9,12-14H,10-11H2,1-3H3. The van der Waals surface area contributed by atoms with Crippen LogP contribution in [0.25, 0.3) is 0 Å². The minimum atomic E-state index is -0.233. The lowest BCUT2D eigenvalue weighted by molar-refractivity contribution is 0.289. The second-order valence-corrected chi connectivity index (χ2v) is 5.79. The van der Waals surface area contributed by atoms with Gasteiger partial charge in [-0.05, 0) is 66.8 Å². The Labute approximate surface area is 131 Å². The third kappa shape index (κ3) is 4.99. The highest BCUT2D eigenvalue weighted by Gasteiger charge is 1.99. The summed E-state index contributed by atoms with van der Waals surface area (Å²) in [5.74, 6) is 1.27. The average Bonchev–Trinajstić information content (AvgIpc) is 2.49. The van der Waals surface area contributed by atoms with E-state index in [1.807, 2.05) is 24.3 Å². The van der Waals surface area contributed by atoms with Gasteiger partial charge in [0.25, 0.3) is 0 Å². The average molecular weight is 299 g/mol. The van der Waals surface area contributed by atoms with Crippen LogP contribution in [-0.4, -0.2) is 12.8 Å². The highest BCUT2D eigenvalue weighted by atomic mass is 19.1. The molecule has 22 heavy (non-hydrogen) atoms. The predicted molar refractivity (Wildman–Crippen MR) is 89.8 cm³/mol. The molecule has 0 aliphatic rings. The van der Waals surface area contributed by atoms with E-state index in [0.717, 1.165) is 24.3 Å². The van der Waals surface area contributed by atoms with Crippen molar-refractivity contribution in [3.63, 3.8) is 0 Å². The van der Waals surface area contributed by atoms with E-state index < -0.39 is 0 Å². The van der Waals surface area contributed by atoms with Gasteiger partial charge < -0.3 is 4.74 Å². The monoisotopic (exact) mass is 299 g/mol. The van der Waals surface area contributed by atoms with Crippen LogP contribution in [0, 0.1) is 18.7 Å². The van der Waals surface area contributed by atoms with Gasteiger partial charge in [-0.2, -0.15) is 0 Å². The van der Waals surface area contributed by atoms with Crippen molar-refractivity contribution in [2.75, 3.05) is 6.61 Å². The van der Waals surface area contributed by atoms with Crippen LogP contribution < -0.4 is 4.74 Å². The topological polar surface area (TPSA) is 21.6 Å². The van der Waals surface area contributed by atoms with E-state index in [-0.39, 0.29) is 5.82 Å². The van der Waals surface area contributed by atoms with Crippen molar-refractivity contribution in [3.8, 4) is 5.75 Å². The second kappa shape index (κ2) is 7.74. The Morgan fingerprint density at radius 3 is 2.50 bits per heavy atom. The summed E-state index contributed by atoms with van der Waals surface area (Å²) >= 11 is 0. The third-order valence-electron chi connectivity index (χ3n) is 3.36. The summed E-state index contributed by atoms with van der Waals surface area (Å²) in [7, 11) is 0. The van der Waals surface area contributed by atoms with Gasteiger partial charge >= 0.3 is 0 Å². The molecule has 0 fully saturated rings. The molecular formula is C19H22FNO. The zero-order valence-electron chi connectivity index (χ0n) is 13.3. The number of ether oxygens (including phenoxy) is 1. The summed E-state index contributed by atoms with van der Waals surface area (Å²) in [6.07, 6.45) is 2.77. The number of halogens is 1. The lowest BCUT2D eigenvalue weighted by atomic mass is 10.1. The number of rotatable bonds is 6. The smallest absolute Gasteiger partial charge is 0.128 e. The van der Waals surface area contributed by atoms with Gasteiger partial charge in [-0.25, -0.2) is 4.39 Å². The highest BCUT2D eigenvalue weighted by Crippen LogP contribution is 2.17. The van der Waals surface area contributed by atoms with E-state index in [1.54, 1.807) is 25.3 Å². The SMILES string of the molecule is Cc1ccc(N=Cc2ccc(OCCC(C)C)cc2)cc1F. The molecule has 0 heterocycles. The summed E-state index contributed by atoms with van der Waals surface area (Å²) in [6.45, 7) is 6.82. The fourth-order valence-electron chi connectivity index (χ4n) is 1.87. The summed E-state index contributed by atoms with van der Waals surface area (Å²) in [4.78, 5) is 4.29. The van der Waals surface area contributed by atoms with E-state index in [0.29, 0.717) is 17.2 Å². The van der Waals surface area contributed by atoms with Crippen LogP contribution in [-0.2, 0) is 0 Å². The minimum absolute atomic E-state index is 0.233. The van der Waals surface area contributed by atoms with E-state index in [1.165, 1.54) is 6.07 Å². The van der Waals surface area contributed by atoms with Gasteiger partial charge in [-0.1, -0.05) is 19.9 Å². The molecule has 0 aromatic heterocycles. The van der Waals surface area contributed by atoms with Crippen molar-refractivity contribution in [1.82, 2.24) is 0 Å². The Morgan fingerprint density at radius 2 is 1.86 bits per heavy atom. The van der Waals surface area contributed by atoms with Gasteiger partial charge in [0.05, 0.1) is 12.3 Å².